The summed E-state index contributed by atoms with van der Waals surface area (Å²) in [6.45, 7) is 2.94. The zero-order valence-electron chi connectivity index (χ0n) is 11.5. The van der Waals surface area contributed by atoms with E-state index < -0.39 is 0 Å². The van der Waals surface area contributed by atoms with Crippen molar-refractivity contribution in [2.24, 2.45) is 0 Å². The SMILES string of the molecule is CCNC(Cc1cccc(Cl)c1Cl)c1ccc(Cl)cc1Br. The normalized spacial score (nSPS) is 12.4. The fourth-order valence-electron chi connectivity index (χ4n) is 2.25. The van der Waals surface area contributed by atoms with Gasteiger partial charge in [0, 0.05) is 15.5 Å². The molecule has 5 heteroatoms. The summed E-state index contributed by atoms with van der Waals surface area (Å²) in [4.78, 5) is 0. The zero-order valence-corrected chi connectivity index (χ0v) is 15.3. The van der Waals surface area contributed by atoms with Crippen LogP contribution < -0.4 is 5.32 Å². The molecule has 2 rings (SSSR count). The lowest BCUT2D eigenvalue weighted by atomic mass is 9.98. The van der Waals surface area contributed by atoms with Crippen LogP contribution >= 0.6 is 50.7 Å². The molecule has 112 valence electrons. The predicted molar refractivity (Wildman–Crippen MR) is 95.7 cm³/mol. The molecule has 1 N–H and O–H groups in total. The van der Waals surface area contributed by atoms with Crippen LogP contribution in [-0.2, 0) is 6.42 Å². The molecule has 21 heavy (non-hydrogen) atoms. The van der Waals surface area contributed by atoms with Gasteiger partial charge in [-0.25, -0.2) is 0 Å². The Hall–Kier alpha value is -0.250. The number of halogens is 4. The van der Waals surface area contributed by atoms with E-state index in [0.29, 0.717) is 15.1 Å². The molecule has 0 aliphatic heterocycles. The van der Waals surface area contributed by atoms with Crippen molar-refractivity contribution in [2.45, 2.75) is 19.4 Å². The van der Waals surface area contributed by atoms with Gasteiger partial charge in [-0.3, -0.25) is 0 Å². The molecule has 0 aliphatic carbocycles. The van der Waals surface area contributed by atoms with Gasteiger partial charge in [0.1, 0.15) is 0 Å². The number of benzene rings is 2. The Balaban J connectivity index is 2.33. The third-order valence-electron chi connectivity index (χ3n) is 3.24. The molecule has 0 bridgehead atoms. The van der Waals surface area contributed by atoms with Crippen molar-refractivity contribution in [3.8, 4) is 0 Å². The number of nitrogens with one attached hydrogen (secondary N) is 1. The second kappa shape index (κ2) is 7.85. The van der Waals surface area contributed by atoms with E-state index in [0.717, 1.165) is 28.6 Å². The maximum Gasteiger partial charge on any atom is 0.0624 e. The van der Waals surface area contributed by atoms with Gasteiger partial charge in [-0.15, -0.1) is 0 Å². The molecule has 2 aromatic carbocycles. The van der Waals surface area contributed by atoms with Gasteiger partial charge in [-0.2, -0.15) is 0 Å². The highest BCUT2D eigenvalue weighted by molar-refractivity contribution is 9.10. The van der Waals surface area contributed by atoms with E-state index in [1.165, 1.54) is 0 Å². The van der Waals surface area contributed by atoms with Crippen LogP contribution in [0.3, 0.4) is 0 Å². The molecule has 1 nitrogen and oxygen atoms in total. The second-order valence-electron chi connectivity index (χ2n) is 4.69. The molecule has 0 fully saturated rings. The highest BCUT2D eigenvalue weighted by atomic mass is 79.9. The first-order valence-corrected chi connectivity index (χ1v) is 8.56. The van der Waals surface area contributed by atoms with Crippen LogP contribution in [0.5, 0.6) is 0 Å². The lowest BCUT2D eigenvalue weighted by molar-refractivity contribution is 0.548. The molecule has 1 unspecified atom stereocenters. The van der Waals surface area contributed by atoms with E-state index in [2.05, 4.69) is 28.2 Å². The summed E-state index contributed by atoms with van der Waals surface area (Å²) in [6, 6.07) is 11.7. The van der Waals surface area contributed by atoms with Crippen molar-refractivity contribution in [1.82, 2.24) is 5.32 Å². The number of hydrogen-bond acceptors (Lipinski definition) is 1. The van der Waals surface area contributed by atoms with Gasteiger partial charge in [0.25, 0.3) is 0 Å². The average molecular weight is 408 g/mol. The number of hydrogen-bond donors (Lipinski definition) is 1. The standard InChI is InChI=1S/C16H15BrCl3N/c1-2-21-15(12-7-6-11(18)9-13(12)17)8-10-4-3-5-14(19)16(10)20/h3-7,9,15,21H,2,8H2,1H3. The molecule has 0 heterocycles. The highest BCUT2D eigenvalue weighted by Gasteiger charge is 2.16. The Morgan fingerprint density at radius 1 is 1.14 bits per heavy atom. The van der Waals surface area contributed by atoms with Crippen molar-refractivity contribution in [1.29, 1.82) is 0 Å². The van der Waals surface area contributed by atoms with Crippen LogP contribution in [0.1, 0.15) is 24.1 Å². The molecule has 2 aromatic rings. The monoisotopic (exact) mass is 405 g/mol. The molecule has 0 spiro atoms. The van der Waals surface area contributed by atoms with Gasteiger partial charge >= 0.3 is 0 Å². The molecule has 0 aromatic heterocycles. The summed E-state index contributed by atoms with van der Waals surface area (Å²) in [6.07, 6.45) is 0.757. The van der Waals surface area contributed by atoms with Gasteiger partial charge in [-0.1, -0.05) is 75.9 Å². The van der Waals surface area contributed by atoms with E-state index in [4.69, 9.17) is 34.8 Å². The van der Waals surface area contributed by atoms with Crippen molar-refractivity contribution in [2.75, 3.05) is 6.54 Å². The third-order valence-corrected chi connectivity index (χ3v) is 5.02. The zero-order chi connectivity index (χ0) is 15.4. The fraction of sp³-hybridized carbons (Fsp3) is 0.250. The first kappa shape index (κ1) is 17.1. The minimum absolute atomic E-state index is 0.137. The van der Waals surface area contributed by atoms with Gasteiger partial charge in [0.2, 0.25) is 0 Å². The van der Waals surface area contributed by atoms with Crippen LogP contribution in [0.25, 0.3) is 0 Å². The summed E-state index contributed by atoms with van der Waals surface area (Å²) >= 11 is 22.0. The van der Waals surface area contributed by atoms with Crippen LogP contribution in [0.15, 0.2) is 40.9 Å². The van der Waals surface area contributed by atoms with Gasteiger partial charge in [0.15, 0.2) is 0 Å². The smallest absolute Gasteiger partial charge is 0.0624 e. The Kier molecular flexibility index (Phi) is 6.39. The van der Waals surface area contributed by atoms with E-state index >= 15 is 0 Å². The molecule has 0 amide bonds. The van der Waals surface area contributed by atoms with Gasteiger partial charge in [0.05, 0.1) is 10.0 Å². The lowest BCUT2D eigenvalue weighted by Gasteiger charge is -2.21. The van der Waals surface area contributed by atoms with E-state index in [1.54, 1.807) is 6.07 Å². The van der Waals surface area contributed by atoms with Crippen molar-refractivity contribution in [3.63, 3.8) is 0 Å². The molecular formula is C16H15BrCl3N. The van der Waals surface area contributed by atoms with Crippen molar-refractivity contribution >= 4 is 50.7 Å². The second-order valence-corrected chi connectivity index (χ2v) is 6.77. The third kappa shape index (κ3) is 4.37. The fourth-order valence-corrected chi connectivity index (χ4v) is 3.60. The summed E-state index contributed by atoms with van der Waals surface area (Å²) in [5, 5.41) is 5.39. The molecule has 1 atom stereocenters. The van der Waals surface area contributed by atoms with Gasteiger partial charge in [-0.05, 0) is 42.3 Å². The Morgan fingerprint density at radius 3 is 2.57 bits per heavy atom. The number of rotatable bonds is 5. The van der Waals surface area contributed by atoms with E-state index in [-0.39, 0.29) is 6.04 Å². The van der Waals surface area contributed by atoms with Crippen LogP contribution in [0.2, 0.25) is 15.1 Å². The first-order valence-electron chi connectivity index (χ1n) is 6.64. The summed E-state index contributed by atoms with van der Waals surface area (Å²) < 4.78 is 0.985. The first-order chi connectivity index (χ1) is 10.0. The van der Waals surface area contributed by atoms with Crippen LogP contribution in [-0.4, -0.2) is 6.54 Å². The Morgan fingerprint density at radius 2 is 1.90 bits per heavy atom. The Bertz CT molecular complexity index is 631. The topological polar surface area (TPSA) is 12.0 Å². The predicted octanol–water partition coefficient (Wildman–Crippen LogP) is 6.30. The quantitative estimate of drug-likeness (QED) is 0.613. The lowest BCUT2D eigenvalue weighted by Crippen LogP contribution is -2.23. The molecule has 0 radical (unpaired) electrons. The minimum Gasteiger partial charge on any atom is -0.310 e. The largest absolute Gasteiger partial charge is 0.310 e. The molecule has 0 saturated carbocycles. The summed E-state index contributed by atoms with van der Waals surface area (Å²) in [7, 11) is 0. The van der Waals surface area contributed by atoms with Crippen molar-refractivity contribution < 1.29 is 0 Å². The molecular weight excluding hydrogens is 392 g/mol. The maximum atomic E-state index is 6.30. The maximum absolute atomic E-state index is 6.30. The minimum atomic E-state index is 0.137. The summed E-state index contributed by atoms with van der Waals surface area (Å²) in [5.41, 5.74) is 2.18. The van der Waals surface area contributed by atoms with Crippen LogP contribution in [0.4, 0.5) is 0 Å². The number of likely N-dealkylation sites (N-methyl/N-ethyl adjacent to an activating group) is 1. The Labute approximate surface area is 148 Å². The van der Waals surface area contributed by atoms with Crippen molar-refractivity contribution in [3.05, 3.63) is 67.1 Å². The van der Waals surface area contributed by atoms with Crippen LogP contribution in [0, 0.1) is 0 Å². The van der Waals surface area contributed by atoms with E-state index in [1.807, 2.05) is 30.3 Å². The molecule has 0 saturated heterocycles. The van der Waals surface area contributed by atoms with E-state index in [9.17, 15) is 0 Å². The molecule has 0 aliphatic rings. The average Bonchev–Trinajstić information content (AvgIpc) is 2.43. The summed E-state index contributed by atoms with van der Waals surface area (Å²) in [5.74, 6) is 0. The highest BCUT2D eigenvalue weighted by Crippen LogP contribution is 2.32. The van der Waals surface area contributed by atoms with Gasteiger partial charge < -0.3 is 5.32 Å².